The van der Waals surface area contributed by atoms with E-state index in [2.05, 4.69) is 5.32 Å². The summed E-state index contributed by atoms with van der Waals surface area (Å²) < 4.78 is 5.38. The molecular formula is C17H18N2O4. The highest BCUT2D eigenvalue weighted by atomic mass is 16.6. The Hall–Kier alpha value is -2.89. The Morgan fingerprint density at radius 3 is 2.30 bits per heavy atom. The second-order valence-corrected chi connectivity index (χ2v) is 5.00. The van der Waals surface area contributed by atoms with Crippen molar-refractivity contribution in [1.29, 1.82) is 0 Å². The molecule has 0 spiro atoms. The number of nitrogens with zero attached hydrogens (tertiary/aromatic N) is 1. The predicted molar refractivity (Wildman–Crippen MR) is 86.6 cm³/mol. The first-order valence-corrected chi connectivity index (χ1v) is 7.29. The minimum atomic E-state index is -0.496. The van der Waals surface area contributed by atoms with E-state index in [1.54, 1.807) is 0 Å². The van der Waals surface area contributed by atoms with Crippen LogP contribution in [0.1, 0.15) is 35.8 Å². The lowest BCUT2D eigenvalue weighted by atomic mass is 10.1. The van der Waals surface area contributed by atoms with Crippen molar-refractivity contribution in [2.75, 3.05) is 6.61 Å². The van der Waals surface area contributed by atoms with Crippen LogP contribution in [0.2, 0.25) is 0 Å². The third-order valence-electron chi connectivity index (χ3n) is 3.38. The quantitative estimate of drug-likeness (QED) is 0.653. The zero-order valence-corrected chi connectivity index (χ0v) is 13.0. The molecule has 0 radical (unpaired) electrons. The predicted octanol–water partition coefficient (Wildman–Crippen LogP) is 3.48. The molecule has 0 fully saturated rings. The molecule has 0 aliphatic rings. The van der Waals surface area contributed by atoms with Crippen LogP contribution in [0.4, 0.5) is 5.69 Å². The topological polar surface area (TPSA) is 81.5 Å². The van der Waals surface area contributed by atoms with Crippen LogP contribution in [0, 0.1) is 10.1 Å². The lowest BCUT2D eigenvalue weighted by Crippen LogP contribution is -2.26. The summed E-state index contributed by atoms with van der Waals surface area (Å²) in [5.41, 5.74) is 1.29. The number of carbonyl (C=O) groups is 1. The van der Waals surface area contributed by atoms with Crippen molar-refractivity contribution in [2.24, 2.45) is 0 Å². The van der Waals surface area contributed by atoms with E-state index in [1.165, 1.54) is 24.3 Å². The van der Waals surface area contributed by atoms with Gasteiger partial charge in [-0.25, -0.2) is 0 Å². The molecule has 0 aromatic heterocycles. The molecule has 0 bridgehead atoms. The van der Waals surface area contributed by atoms with Crippen molar-refractivity contribution in [3.8, 4) is 5.75 Å². The normalized spacial score (nSPS) is 11.6. The molecule has 0 saturated carbocycles. The Balaban J connectivity index is 2.02. The van der Waals surface area contributed by atoms with E-state index in [0.29, 0.717) is 12.2 Å². The largest absolute Gasteiger partial charge is 0.494 e. The number of non-ortho nitro benzene ring substituents is 1. The third-order valence-corrected chi connectivity index (χ3v) is 3.38. The minimum absolute atomic E-state index is 0.0406. The van der Waals surface area contributed by atoms with Crippen molar-refractivity contribution >= 4 is 11.6 Å². The highest BCUT2D eigenvalue weighted by Crippen LogP contribution is 2.18. The van der Waals surface area contributed by atoms with Crippen molar-refractivity contribution in [3.63, 3.8) is 0 Å². The summed E-state index contributed by atoms with van der Waals surface area (Å²) in [6.07, 6.45) is 0. The van der Waals surface area contributed by atoms with Crippen LogP contribution in [-0.4, -0.2) is 17.4 Å². The number of amides is 1. The molecule has 2 aromatic carbocycles. The van der Waals surface area contributed by atoms with Gasteiger partial charge < -0.3 is 10.1 Å². The van der Waals surface area contributed by atoms with E-state index in [1.807, 2.05) is 38.1 Å². The Morgan fingerprint density at radius 1 is 1.17 bits per heavy atom. The summed E-state index contributed by atoms with van der Waals surface area (Å²) in [5, 5.41) is 13.5. The van der Waals surface area contributed by atoms with E-state index in [0.717, 1.165) is 11.3 Å². The van der Waals surface area contributed by atoms with Crippen LogP contribution in [0.5, 0.6) is 5.75 Å². The van der Waals surface area contributed by atoms with Gasteiger partial charge in [-0.3, -0.25) is 14.9 Å². The Labute approximate surface area is 134 Å². The lowest BCUT2D eigenvalue weighted by Gasteiger charge is -2.15. The zero-order valence-electron chi connectivity index (χ0n) is 13.0. The van der Waals surface area contributed by atoms with E-state index >= 15 is 0 Å². The average molecular weight is 314 g/mol. The first kappa shape index (κ1) is 16.5. The van der Waals surface area contributed by atoms with Crippen molar-refractivity contribution in [2.45, 2.75) is 19.9 Å². The van der Waals surface area contributed by atoms with E-state index < -0.39 is 4.92 Å². The fourth-order valence-electron chi connectivity index (χ4n) is 2.12. The van der Waals surface area contributed by atoms with Crippen LogP contribution in [0.25, 0.3) is 0 Å². The molecule has 23 heavy (non-hydrogen) atoms. The Morgan fingerprint density at radius 2 is 1.78 bits per heavy atom. The number of nitro groups is 1. The molecule has 0 unspecified atom stereocenters. The van der Waals surface area contributed by atoms with Gasteiger partial charge in [0.05, 0.1) is 17.6 Å². The molecule has 2 aromatic rings. The molecule has 0 heterocycles. The lowest BCUT2D eigenvalue weighted by molar-refractivity contribution is -0.384. The van der Waals surface area contributed by atoms with Crippen LogP contribution >= 0.6 is 0 Å². The molecule has 6 heteroatoms. The first-order chi connectivity index (χ1) is 11.0. The smallest absolute Gasteiger partial charge is 0.269 e. The summed E-state index contributed by atoms with van der Waals surface area (Å²) >= 11 is 0. The van der Waals surface area contributed by atoms with E-state index in [-0.39, 0.29) is 17.6 Å². The molecule has 1 N–H and O–H groups in total. The summed E-state index contributed by atoms with van der Waals surface area (Å²) in [6.45, 7) is 4.39. The monoisotopic (exact) mass is 314 g/mol. The SMILES string of the molecule is CCOc1ccc([C@H](C)NC(=O)c2ccc([N+](=O)[O-])cc2)cc1. The number of rotatable bonds is 6. The first-order valence-electron chi connectivity index (χ1n) is 7.29. The van der Waals surface area contributed by atoms with Crippen molar-refractivity contribution < 1.29 is 14.5 Å². The highest BCUT2D eigenvalue weighted by Gasteiger charge is 2.13. The van der Waals surface area contributed by atoms with Gasteiger partial charge >= 0.3 is 0 Å². The Bertz CT molecular complexity index is 681. The van der Waals surface area contributed by atoms with Crippen LogP contribution < -0.4 is 10.1 Å². The fraction of sp³-hybridized carbons (Fsp3) is 0.235. The second kappa shape index (κ2) is 7.40. The van der Waals surface area contributed by atoms with E-state index in [4.69, 9.17) is 4.74 Å². The van der Waals surface area contributed by atoms with Gasteiger partial charge in [0.1, 0.15) is 5.75 Å². The number of hydrogen-bond acceptors (Lipinski definition) is 4. The average Bonchev–Trinajstić information content (AvgIpc) is 2.55. The molecule has 0 aliphatic heterocycles. The number of carbonyl (C=O) groups excluding carboxylic acids is 1. The maximum atomic E-state index is 12.2. The number of nitro benzene ring substituents is 1. The fourth-order valence-corrected chi connectivity index (χ4v) is 2.12. The summed E-state index contributed by atoms with van der Waals surface area (Å²) in [4.78, 5) is 22.3. The van der Waals surface area contributed by atoms with Gasteiger partial charge in [0.2, 0.25) is 0 Å². The zero-order chi connectivity index (χ0) is 16.8. The van der Waals surface area contributed by atoms with Gasteiger partial charge in [-0.1, -0.05) is 12.1 Å². The number of nitrogens with one attached hydrogen (secondary N) is 1. The van der Waals surface area contributed by atoms with Gasteiger partial charge in [-0.2, -0.15) is 0 Å². The van der Waals surface area contributed by atoms with Crippen LogP contribution in [-0.2, 0) is 0 Å². The molecule has 1 atom stereocenters. The molecule has 0 aliphatic carbocycles. The maximum absolute atomic E-state index is 12.2. The van der Waals surface area contributed by atoms with Gasteiger partial charge in [0, 0.05) is 17.7 Å². The molecule has 6 nitrogen and oxygen atoms in total. The van der Waals surface area contributed by atoms with Crippen molar-refractivity contribution in [3.05, 3.63) is 69.8 Å². The molecule has 0 saturated heterocycles. The highest BCUT2D eigenvalue weighted by molar-refractivity contribution is 5.94. The summed E-state index contributed by atoms with van der Waals surface area (Å²) in [7, 11) is 0. The number of hydrogen-bond donors (Lipinski definition) is 1. The minimum Gasteiger partial charge on any atom is -0.494 e. The summed E-state index contributed by atoms with van der Waals surface area (Å²) in [6, 6.07) is 12.8. The standard InChI is InChI=1S/C17H18N2O4/c1-3-23-16-10-6-13(7-11-16)12(2)18-17(20)14-4-8-15(9-5-14)19(21)22/h4-12H,3H2,1-2H3,(H,18,20)/t12-/m0/s1. The van der Waals surface area contributed by atoms with Crippen LogP contribution in [0.3, 0.4) is 0 Å². The number of benzene rings is 2. The van der Waals surface area contributed by atoms with Gasteiger partial charge in [0.15, 0.2) is 0 Å². The van der Waals surface area contributed by atoms with E-state index in [9.17, 15) is 14.9 Å². The Kier molecular flexibility index (Phi) is 5.30. The van der Waals surface area contributed by atoms with Crippen LogP contribution in [0.15, 0.2) is 48.5 Å². The molecule has 1 amide bonds. The summed E-state index contributed by atoms with van der Waals surface area (Å²) in [5.74, 6) is 0.506. The van der Waals surface area contributed by atoms with Crippen molar-refractivity contribution in [1.82, 2.24) is 5.32 Å². The third kappa shape index (κ3) is 4.29. The molecule has 2 rings (SSSR count). The van der Waals surface area contributed by atoms with Gasteiger partial charge in [-0.05, 0) is 43.7 Å². The maximum Gasteiger partial charge on any atom is 0.269 e. The molecule has 120 valence electrons. The van der Waals surface area contributed by atoms with Gasteiger partial charge in [-0.15, -0.1) is 0 Å². The number of ether oxygens (including phenoxy) is 1. The van der Waals surface area contributed by atoms with Gasteiger partial charge in [0.25, 0.3) is 11.6 Å². The molecular weight excluding hydrogens is 296 g/mol. The second-order valence-electron chi connectivity index (χ2n) is 5.00.